The Kier molecular flexibility index (Phi) is 4.52. The Hall–Kier alpha value is -1.37. The maximum Gasteiger partial charge on any atom is 0.109 e. The summed E-state index contributed by atoms with van der Waals surface area (Å²) in [5, 5.41) is 14.9. The van der Waals surface area contributed by atoms with Crippen LogP contribution in [0.4, 0.5) is 5.69 Å². The molecule has 1 atom stereocenters. The minimum absolute atomic E-state index is 0.666. The molecule has 0 saturated carbocycles. The third-order valence-electron chi connectivity index (χ3n) is 4.17. The third-order valence-corrected chi connectivity index (χ3v) is 4.66. The van der Waals surface area contributed by atoms with E-state index in [2.05, 4.69) is 43.9 Å². The van der Waals surface area contributed by atoms with Crippen molar-refractivity contribution in [3.63, 3.8) is 0 Å². The Morgan fingerprint density at radius 2 is 1.91 bits per heavy atom. The fourth-order valence-electron chi connectivity index (χ4n) is 2.84. The van der Waals surface area contributed by atoms with Gasteiger partial charge in [-0.3, -0.25) is 4.68 Å². The van der Waals surface area contributed by atoms with Crippen LogP contribution in [-0.2, 0) is 7.05 Å². The molecular weight excluding hydrogens is 344 g/mol. The lowest BCUT2D eigenvalue weighted by Crippen LogP contribution is -2.44. The van der Waals surface area contributed by atoms with Gasteiger partial charge in [-0.2, -0.15) is 5.10 Å². The zero-order valence-corrected chi connectivity index (χ0v) is 14.5. The van der Waals surface area contributed by atoms with Gasteiger partial charge in [-0.15, -0.1) is 0 Å². The van der Waals surface area contributed by atoms with Crippen LogP contribution in [0.5, 0.6) is 0 Å². The number of anilines is 1. The summed E-state index contributed by atoms with van der Waals surface area (Å²) in [7, 11) is 4.00. The van der Waals surface area contributed by atoms with Crippen LogP contribution in [0.1, 0.15) is 17.2 Å². The molecule has 0 amide bonds. The number of halogens is 1. The van der Waals surface area contributed by atoms with E-state index in [0.29, 0.717) is 0 Å². The van der Waals surface area contributed by atoms with Crippen LogP contribution in [-0.4, -0.2) is 53.0 Å². The van der Waals surface area contributed by atoms with Gasteiger partial charge >= 0.3 is 0 Å². The van der Waals surface area contributed by atoms with Gasteiger partial charge in [0, 0.05) is 60.7 Å². The van der Waals surface area contributed by atoms with Crippen molar-refractivity contribution < 1.29 is 5.11 Å². The van der Waals surface area contributed by atoms with Crippen LogP contribution in [0.3, 0.4) is 0 Å². The predicted octanol–water partition coefficient (Wildman–Crippen LogP) is 2.02. The quantitative estimate of drug-likeness (QED) is 0.904. The van der Waals surface area contributed by atoms with E-state index in [1.807, 2.05) is 25.4 Å². The highest BCUT2D eigenvalue weighted by Gasteiger charge is 2.22. The summed E-state index contributed by atoms with van der Waals surface area (Å²) in [5.41, 5.74) is 2.84. The standard InChI is InChI=1S/C16H21BrN4O/c1-19-5-7-21(8-6-19)15-4-3-13(17)9-14(15)16(22)12-10-18-20(2)11-12/h3-4,9-11,16,22H,5-8H2,1-2H3. The summed E-state index contributed by atoms with van der Waals surface area (Å²) < 4.78 is 2.69. The second-order valence-electron chi connectivity index (χ2n) is 5.84. The molecule has 22 heavy (non-hydrogen) atoms. The van der Waals surface area contributed by atoms with Crippen LogP contribution in [0.15, 0.2) is 35.1 Å². The Morgan fingerprint density at radius 1 is 1.18 bits per heavy atom. The monoisotopic (exact) mass is 364 g/mol. The number of hydrogen-bond acceptors (Lipinski definition) is 4. The van der Waals surface area contributed by atoms with E-state index in [1.54, 1.807) is 10.9 Å². The number of hydrogen-bond donors (Lipinski definition) is 1. The first-order valence-electron chi connectivity index (χ1n) is 7.44. The summed E-state index contributed by atoms with van der Waals surface area (Å²) in [6.07, 6.45) is 2.92. The van der Waals surface area contributed by atoms with Crippen molar-refractivity contribution in [2.75, 3.05) is 38.1 Å². The minimum Gasteiger partial charge on any atom is -0.383 e. The summed E-state index contributed by atoms with van der Waals surface area (Å²) in [5.74, 6) is 0. The largest absolute Gasteiger partial charge is 0.383 e. The van der Waals surface area contributed by atoms with Crippen LogP contribution in [0.2, 0.25) is 0 Å². The fourth-order valence-corrected chi connectivity index (χ4v) is 3.22. The number of aliphatic hydroxyl groups is 1. The Morgan fingerprint density at radius 3 is 2.55 bits per heavy atom. The first-order chi connectivity index (χ1) is 10.5. The SMILES string of the molecule is CN1CCN(c2ccc(Br)cc2C(O)c2cnn(C)c2)CC1. The molecule has 6 heteroatoms. The molecule has 0 spiro atoms. The van der Waals surface area contributed by atoms with E-state index in [-0.39, 0.29) is 0 Å². The summed E-state index contributed by atoms with van der Waals surface area (Å²) in [4.78, 5) is 4.67. The molecule has 2 aromatic rings. The van der Waals surface area contributed by atoms with Gasteiger partial charge in [0.1, 0.15) is 6.10 Å². The molecule has 0 aliphatic carbocycles. The molecule has 1 unspecified atom stereocenters. The average molecular weight is 365 g/mol. The number of likely N-dealkylation sites (N-methyl/N-ethyl adjacent to an activating group) is 1. The van der Waals surface area contributed by atoms with E-state index < -0.39 is 6.10 Å². The zero-order valence-electron chi connectivity index (χ0n) is 12.9. The zero-order chi connectivity index (χ0) is 15.7. The molecule has 1 aromatic heterocycles. The smallest absolute Gasteiger partial charge is 0.109 e. The van der Waals surface area contributed by atoms with Crippen molar-refractivity contribution in [3.05, 3.63) is 46.2 Å². The number of benzene rings is 1. The van der Waals surface area contributed by atoms with Gasteiger partial charge < -0.3 is 14.9 Å². The lowest BCUT2D eigenvalue weighted by atomic mass is 10.0. The maximum atomic E-state index is 10.8. The van der Waals surface area contributed by atoms with Gasteiger partial charge in [-0.25, -0.2) is 0 Å². The first kappa shape index (κ1) is 15.5. The van der Waals surface area contributed by atoms with E-state index >= 15 is 0 Å². The number of rotatable bonds is 3. The topological polar surface area (TPSA) is 44.5 Å². The molecule has 0 radical (unpaired) electrons. The molecule has 5 nitrogen and oxygen atoms in total. The average Bonchev–Trinajstić information content (AvgIpc) is 2.94. The molecule has 1 N–H and O–H groups in total. The molecule has 3 rings (SSSR count). The second-order valence-corrected chi connectivity index (χ2v) is 6.76. The van der Waals surface area contributed by atoms with Crippen molar-refractivity contribution in [1.29, 1.82) is 0 Å². The van der Waals surface area contributed by atoms with Crippen LogP contribution >= 0.6 is 15.9 Å². The highest BCUT2D eigenvalue weighted by molar-refractivity contribution is 9.10. The lowest BCUT2D eigenvalue weighted by Gasteiger charge is -2.35. The highest BCUT2D eigenvalue weighted by atomic mass is 79.9. The number of piperazine rings is 1. The minimum atomic E-state index is -0.666. The summed E-state index contributed by atoms with van der Waals surface area (Å²) in [6, 6.07) is 6.13. The summed E-state index contributed by atoms with van der Waals surface area (Å²) >= 11 is 3.52. The molecule has 1 fully saturated rings. The number of nitrogens with zero attached hydrogens (tertiary/aromatic N) is 4. The van der Waals surface area contributed by atoms with E-state index in [4.69, 9.17) is 0 Å². The molecule has 2 heterocycles. The van der Waals surface area contributed by atoms with Gasteiger partial charge in [0.2, 0.25) is 0 Å². The number of aryl methyl sites for hydroxylation is 1. The molecule has 0 bridgehead atoms. The van der Waals surface area contributed by atoms with Gasteiger partial charge in [-0.05, 0) is 25.2 Å². The third kappa shape index (κ3) is 3.19. The molecular formula is C16H21BrN4O. The van der Waals surface area contributed by atoms with Gasteiger partial charge in [0.15, 0.2) is 0 Å². The molecule has 1 aliphatic heterocycles. The highest BCUT2D eigenvalue weighted by Crippen LogP contribution is 2.33. The molecule has 118 valence electrons. The predicted molar refractivity (Wildman–Crippen MR) is 91.1 cm³/mol. The van der Waals surface area contributed by atoms with Crippen molar-refractivity contribution in [1.82, 2.24) is 14.7 Å². The van der Waals surface area contributed by atoms with Crippen LogP contribution < -0.4 is 4.90 Å². The Bertz CT molecular complexity index is 649. The Balaban J connectivity index is 1.94. The fraction of sp³-hybridized carbons (Fsp3) is 0.438. The molecule has 1 aliphatic rings. The second kappa shape index (κ2) is 6.40. The lowest BCUT2D eigenvalue weighted by molar-refractivity contribution is 0.220. The van der Waals surface area contributed by atoms with E-state index in [0.717, 1.165) is 47.5 Å². The van der Waals surface area contributed by atoms with Gasteiger partial charge in [-0.1, -0.05) is 15.9 Å². The van der Waals surface area contributed by atoms with E-state index in [9.17, 15) is 5.11 Å². The maximum absolute atomic E-state index is 10.8. The van der Waals surface area contributed by atoms with Gasteiger partial charge in [0.05, 0.1) is 6.20 Å². The van der Waals surface area contributed by atoms with E-state index in [1.165, 1.54) is 0 Å². The van der Waals surface area contributed by atoms with Gasteiger partial charge in [0.25, 0.3) is 0 Å². The number of aromatic nitrogens is 2. The summed E-state index contributed by atoms with van der Waals surface area (Å²) in [6.45, 7) is 4.03. The molecule has 1 saturated heterocycles. The van der Waals surface area contributed by atoms with Crippen LogP contribution in [0.25, 0.3) is 0 Å². The van der Waals surface area contributed by atoms with Crippen molar-refractivity contribution in [2.24, 2.45) is 7.05 Å². The van der Waals surface area contributed by atoms with Crippen LogP contribution in [0, 0.1) is 0 Å². The van der Waals surface area contributed by atoms with Crippen molar-refractivity contribution >= 4 is 21.6 Å². The van der Waals surface area contributed by atoms with Crippen molar-refractivity contribution in [2.45, 2.75) is 6.10 Å². The van der Waals surface area contributed by atoms with Crippen molar-refractivity contribution in [3.8, 4) is 0 Å². The molecule has 1 aromatic carbocycles. The Labute approximate surface area is 139 Å². The number of aliphatic hydroxyl groups excluding tert-OH is 1. The normalized spacial score (nSPS) is 17.7. The first-order valence-corrected chi connectivity index (χ1v) is 8.23.